The maximum atomic E-state index is 3.67. The summed E-state index contributed by atoms with van der Waals surface area (Å²) in [4.78, 5) is 5.48. The molecular weight excluding hydrogens is 246 g/mol. The van der Waals surface area contributed by atoms with E-state index in [-0.39, 0.29) is 0 Å². The molecule has 3 nitrogen and oxygen atoms in total. The fourth-order valence-corrected chi connectivity index (χ4v) is 4.75. The first-order valence-electron chi connectivity index (χ1n) is 8.96. The van der Waals surface area contributed by atoms with E-state index in [4.69, 9.17) is 0 Å². The van der Waals surface area contributed by atoms with Crippen LogP contribution in [0.15, 0.2) is 0 Å². The van der Waals surface area contributed by atoms with Crippen LogP contribution >= 0.6 is 0 Å². The van der Waals surface area contributed by atoms with E-state index in [2.05, 4.69) is 22.2 Å². The molecule has 1 N–H and O–H groups in total. The van der Waals surface area contributed by atoms with Crippen molar-refractivity contribution in [3.05, 3.63) is 0 Å². The minimum absolute atomic E-state index is 0.518. The molecule has 20 heavy (non-hydrogen) atoms. The van der Waals surface area contributed by atoms with Crippen LogP contribution in [0.1, 0.15) is 57.8 Å². The molecule has 3 aliphatic rings. The summed E-state index contributed by atoms with van der Waals surface area (Å²) in [7, 11) is 2.33. The highest BCUT2D eigenvalue weighted by Gasteiger charge is 2.39. The predicted octanol–water partition coefficient (Wildman–Crippen LogP) is 2.47. The van der Waals surface area contributed by atoms with Gasteiger partial charge in [0.05, 0.1) is 0 Å². The Bertz CT molecular complexity index is 290. The molecule has 0 radical (unpaired) electrons. The van der Waals surface area contributed by atoms with E-state index in [0.717, 1.165) is 6.04 Å². The van der Waals surface area contributed by atoms with Crippen LogP contribution in [0.5, 0.6) is 0 Å². The fraction of sp³-hybridized carbons (Fsp3) is 1.00. The van der Waals surface area contributed by atoms with Gasteiger partial charge in [0.15, 0.2) is 0 Å². The van der Waals surface area contributed by atoms with Crippen molar-refractivity contribution in [3.8, 4) is 0 Å². The molecule has 0 aromatic carbocycles. The number of hydrogen-bond donors (Lipinski definition) is 1. The van der Waals surface area contributed by atoms with Gasteiger partial charge in [0.25, 0.3) is 0 Å². The van der Waals surface area contributed by atoms with E-state index < -0.39 is 0 Å². The lowest BCUT2D eigenvalue weighted by Gasteiger charge is -2.50. The fourth-order valence-electron chi connectivity index (χ4n) is 4.75. The van der Waals surface area contributed by atoms with Gasteiger partial charge in [0.1, 0.15) is 0 Å². The third kappa shape index (κ3) is 3.20. The van der Waals surface area contributed by atoms with Crippen LogP contribution in [0.25, 0.3) is 0 Å². The molecule has 1 saturated carbocycles. The quantitative estimate of drug-likeness (QED) is 0.856. The van der Waals surface area contributed by atoms with E-state index in [1.165, 1.54) is 90.5 Å². The summed E-state index contributed by atoms with van der Waals surface area (Å²) in [6.07, 6.45) is 12.9. The van der Waals surface area contributed by atoms with E-state index in [1.807, 2.05) is 0 Å². The molecule has 2 heterocycles. The van der Waals surface area contributed by atoms with Gasteiger partial charge < -0.3 is 10.2 Å². The molecule has 0 amide bonds. The third-order valence-electron chi connectivity index (χ3n) is 6.12. The summed E-state index contributed by atoms with van der Waals surface area (Å²) in [6.45, 7) is 6.36. The number of nitrogens with zero attached hydrogens (tertiary/aromatic N) is 2. The number of hydrogen-bond acceptors (Lipinski definition) is 3. The molecule has 116 valence electrons. The largest absolute Gasteiger partial charge is 0.314 e. The number of rotatable bonds is 3. The Morgan fingerprint density at radius 3 is 2.70 bits per heavy atom. The third-order valence-corrected chi connectivity index (χ3v) is 6.12. The average Bonchev–Trinajstić information content (AvgIpc) is 2.49. The molecular formula is C17H33N3. The van der Waals surface area contributed by atoms with Crippen molar-refractivity contribution in [2.75, 3.05) is 39.8 Å². The van der Waals surface area contributed by atoms with Crippen molar-refractivity contribution in [2.45, 2.75) is 69.4 Å². The van der Waals surface area contributed by atoms with E-state index >= 15 is 0 Å². The Balaban J connectivity index is 1.56. The van der Waals surface area contributed by atoms with Crippen molar-refractivity contribution in [1.82, 2.24) is 15.1 Å². The van der Waals surface area contributed by atoms with Crippen LogP contribution < -0.4 is 5.32 Å². The van der Waals surface area contributed by atoms with Gasteiger partial charge in [-0.15, -0.1) is 0 Å². The zero-order valence-corrected chi connectivity index (χ0v) is 13.4. The van der Waals surface area contributed by atoms with Crippen LogP contribution in [0.3, 0.4) is 0 Å². The second kappa shape index (κ2) is 6.76. The summed E-state index contributed by atoms with van der Waals surface area (Å²) in [5, 5.41) is 3.67. The summed E-state index contributed by atoms with van der Waals surface area (Å²) in [5.41, 5.74) is 0.518. The second-order valence-electron chi connectivity index (χ2n) is 7.37. The molecule has 1 spiro atoms. The lowest BCUT2D eigenvalue weighted by Crippen LogP contribution is -2.62. The van der Waals surface area contributed by atoms with Crippen LogP contribution in [0, 0.1) is 0 Å². The Morgan fingerprint density at radius 1 is 1.05 bits per heavy atom. The lowest BCUT2D eigenvalue weighted by molar-refractivity contribution is 0.0187. The highest BCUT2D eigenvalue weighted by atomic mass is 15.3. The molecule has 1 atom stereocenters. The average molecular weight is 279 g/mol. The first kappa shape index (κ1) is 14.8. The van der Waals surface area contributed by atoms with Gasteiger partial charge in [-0.3, -0.25) is 4.90 Å². The molecule has 1 unspecified atom stereocenters. The maximum Gasteiger partial charge on any atom is 0.0334 e. The number of piperidine rings is 1. The number of likely N-dealkylation sites (tertiary alicyclic amines) is 1. The normalized spacial score (nSPS) is 32.5. The second-order valence-corrected chi connectivity index (χ2v) is 7.37. The van der Waals surface area contributed by atoms with Crippen LogP contribution in [0.2, 0.25) is 0 Å². The van der Waals surface area contributed by atoms with Gasteiger partial charge in [0.2, 0.25) is 0 Å². The first-order valence-corrected chi connectivity index (χ1v) is 8.96. The van der Waals surface area contributed by atoms with Gasteiger partial charge in [-0.2, -0.15) is 0 Å². The van der Waals surface area contributed by atoms with Crippen molar-refractivity contribution in [1.29, 1.82) is 0 Å². The standard InChI is InChI=1S/C17H33N3/c1-19-12-6-3-7-16(19)8-13-20-14-11-18-15-17(20)9-4-2-5-10-17/h16,18H,2-15H2,1H3. The van der Waals surface area contributed by atoms with Gasteiger partial charge >= 0.3 is 0 Å². The molecule has 0 aromatic heterocycles. The monoisotopic (exact) mass is 279 g/mol. The number of piperazine rings is 1. The molecule has 3 fully saturated rings. The summed E-state index contributed by atoms with van der Waals surface area (Å²) < 4.78 is 0. The van der Waals surface area contributed by atoms with Crippen molar-refractivity contribution >= 4 is 0 Å². The highest BCUT2D eigenvalue weighted by molar-refractivity contribution is 4.98. The van der Waals surface area contributed by atoms with Crippen molar-refractivity contribution in [3.63, 3.8) is 0 Å². The highest BCUT2D eigenvalue weighted by Crippen LogP contribution is 2.35. The molecule has 3 heteroatoms. The Kier molecular flexibility index (Phi) is 5.00. The molecule has 0 bridgehead atoms. The topological polar surface area (TPSA) is 18.5 Å². The zero-order chi connectivity index (χ0) is 13.8. The van der Waals surface area contributed by atoms with Crippen molar-refractivity contribution < 1.29 is 0 Å². The van der Waals surface area contributed by atoms with Crippen LogP contribution in [-0.2, 0) is 0 Å². The van der Waals surface area contributed by atoms with Gasteiger partial charge in [-0.05, 0) is 45.7 Å². The molecule has 2 aliphatic heterocycles. The lowest BCUT2D eigenvalue weighted by atomic mass is 9.79. The van der Waals surface area contributed by atoms with E-state index in [9.17, 15) is 0 Å². The zero-order valence-electron chi connectivity index (χ0n) is 13.4. The summed E-state index contributed by atoms with van der Waals surface area (Å²) in [5.74, 6) is 0. The van der Waals surface area contributed by atoms with Crippen LogP contribution in [-0.4, -0.2) is 61.2 Å². The molecule has 3 rings (SSSR count). The molecule has 0 aromatic rings. The number of nitrogens with one attached hydrogen (secondary N) is 1. The smallest absolute Gasteiger partial charge is 0.0334 e. The van der Waals surface area contributed by atoms with Crippen molar-refractivity contribution in [2.24, 2.45) is 0 Å². The Hall–Kier alpha value is -0.120. The van der Waals surface area contributed by atoms with Gasteiger partial charge in [-0.1, -0.05) is 25.7 Å². The van der Waals surface area contributed by atoms with Gasteiger partial charge in [0, 0.05) is 37.8 Å². The predicted molar refractivity (Wildman–Crippen MR) is 85.1 cm³/mol. The minimum atomic E-state index is 0.518. The molecule has 2 saturated heterocycles. The summed E-state index contributed by atoms with van der Waals surface area (Å²) >= 11 is 0. The van der Waals surface area contributed by atoms with E-state index in [0.29, 0.717) is 5.54 Å². The summed E-state index contributed by atoms with van der Waals surface area (Å²) in [6, 6.07) is 0.847. The van der Waals surface area contributed by atoms with E-state index in [1.54, 1.807) is 0 Å². The first-order chi connectivity index (χ1) is 9.80. The maximum absolute atomic E-state index is 3.67. The van der Waals surface area contributed by atoms with Crippen LogP contribution in [0.4, 0.5) is 0 Å². The Labute approximate surface area is 125 Å². The van der Waals surface area contributed by atoms with Gasteiger partial charge in [-0.25, -0.2) is 0 Å². The Morgan fingerprint density at radius 2 is 1.90 bits per heavy atom. The SMILES string of the molecule is CN1CCCCC1CCN1CCNCC12CCCCC2. The molecule has 1 aliphatic carbocycles. The minimum Gasteiger partial charge on any atom is -0.314 e.